The molecule has 6 heteroatoms. The maximum absolute atomic E-state index is 11.7. The predicted octanol–water partition coefficient (Wildman–Crippen LogP) is 3.80. The molecule has 0 atom stereocenters. The number of carbonyl (C=O) groups is 1. The number of anilines is 1. The first-order valence-corrected chi connectivity index (χ1v) is 7.04. The number of nitrogens with one attached hydrogen (secondary N) is 2. The average molecular weight is 326 g/mol. The fourth-order valence-electron chi connectivity index (χ4n) is 1.65. The molecular weight excluding hydrogens is 310 g/mol. The number of ether oxygens (including phenoxy) is 1. The molecule has 0 aliphatic rings. The summed E-state index contributed by atoms with van der Waals surface area (Å²) in [5, 5.41) is 11.3. The highest BCUT2D eigenvalue weighted by Gasteiger charge is 2.18. The second-order valence-electron chi connectivity index (χ2n) is 5.21. The Bertz CT molecular complexity index is 601. The fourth-order valence-corrected chi connectivity index (χ4v) is 1.99. The Morgan fingerprint density at radius 2 is 2.21 bits per heavy atom. The molecule has 0 saturated carbocycles. The van der Waals surface area contributed by atoms with Crippen LogP contribution in [0.4, 0.5) is 10.6 Å². The number of rotatable bonds is 2. The smallest absolute Gasteiger partial charge is 0.413 e. The number of aromatic amines is 1. The Balaban J connectivity index is 2.20. The van der Waals surface area contributed by atoms with Crippen LogP contribution in [0.2, 0.25) is 0 Å². The number of alkyl halides is 1. The van der Waals surface area contributed by atoms with Crippen LogP contribution in [-0.4, -0.2) is 21.9 Å². The monoisotopic (exact) mass is 325 g/mol. The number of H-pyrrole nitrogens is 1. The molecule has 0 aliphatic heterocycles. The third-order valence-corrected chi connectivity index (χ3v) is 3.05. The Morgan fingerprint density at radius 3 is 2.84 bits per heavy atom. The molecule has 5 nitrogen and oxygen atoms in total. The lowest BCUT2D eigenvalue weighted by molar-refractivity contribution is 0.0635. The second-order valence-corrected chi connectivity index (χ2v) is 5.77. The Kier molecular flexibility index (Phi) is 3.80. The van der Waals surface area contributed by atoms with Gasteiger partial charge in [-0.25, -0.2) is 4.79 Å². The van der Waals surface area contributed by atoms with Crippen LogP contribution < -0.4 is 5.32 Å². The molecule has 1 aromatic carbocycles. The van der Waals surface area contributed by atoms with Gasteiger partial charge in [0.05, 0.1) is 5.52 Å². The molecule has 1 aromatic heterocycles. The van der Waals surface area contributed by atoms with Crippen molar-refractivity contribution in [2.24, 2.45) is 0 Å². The van der Waals surface area contributed by atoms with Gasteiger partial charge >= 0.3 is 6.09 Å². The summed E-state index contributed by atoms with van der Waals surface area (Å²) in [6.45, 7) is 5.45. The van der Waals surface area contributed by atoms with Gasteiger partial charge in [0.1, 0.15) is 5.60 Å². The molecule has 1 heterocycles. The van der Waals surface area contributed by atoms with Gasteiger partial charge < -0.3 is 4.74 Å². The van der Waals surface area contributed by atoms with Crippen LogP contribution in [0.3, 0.4) is 0 Å². The normalized spacial score (nSPS) is 11.6. The van der Waals surface area contributed by atoms with Crippen LogP contribution in [0.25, 0.3) is 10.9 Å². The van der Waals surface area contributed by atoms with E-state index in [2.05, 4.69) is 31.4 Å². The molecule has 0 aliphatic carbocycles. The first kappa shape index (κ1) is 13.9. The Hall–Kier alpha value is -1.56. The van der Waals surface area contributed by atoms with E-state index in [1.807, 2.05) is 39.0 Å². The van der Waals surface area contributed by atoms with Crippen LogP contribution >= 0.6 is 15.9 Å². The Morgan fingerprint density at radius 1 is 1.47 bits per heavy atom. The number of nitrogens with zero attached hydrogens (tertiary/aromatic N) is 1. The summed E-state index contributed by atoms with van der Waals surface area (Å²) >= 11 is 3.40. The highest BCUT2D eigenvalue weighted by molar-refractivity contribution is 9.08. The van der Waals surface area contributed by atoms with Crippen LogP contribution in [0.5, 0.6) is 0 Å². The van der Waals surface area contributed by atoms with E-state index in [-0.39, 0.29) is 0 Å². The summed E-state index contributed by atoms with van der Waals surface area (Å²) in [6, 6.07) is 5.88. The summed E-state index contributed by atoms with van der Waals surface area (Å²) in [6.07, 6.45) is -0.509. The van der Waals surface area contributed by atoms with E-state index in [4.69, 9.17) is 4.74 Å². The van der Waals surface area contributed by atoms with Gasteiger partial charge in [-0.05, 0) is 38.5 Å². The minimum Gasteiger partial charge on any atom is -0.444 e. The Labute approximate surface area is 119 Å². The van der Waals surface area contributed by atoms with Gasteiger partial charge in [0, 0.05) is 10.7 Å². The summed E-state index contributed by atoms with van der Waals surface area (Å²) < 4.78 is 5.19. The first-order valence-electron chi connectivity index (χ1n) is 5.92. The van der Waals surface area contributed by atoms with E-state index in [9.17, 15) is 4.79 Å². The van der Waals surface area contributed by atoms with E-state index in [1.165, 1.54) is 0 Å². The van der Waals surface area contributed by atoms with Gasteiger partial charge in [0.15, 0.2) is 5.82 Å². The van der Waals surface area contributed by atoms with Gasteiger partial charge in [-0.15, -0.1) is 0 Å². The second kappa shape index (κ2) is 5.21. The summed E-state index contributed by atoms with van der Waals surface area (Å²) in [4.78, 5) is 11.7. The molecular formula is C13H16BrN3O2. The van der Waals surface area contributed by atoms with Crippen molar-refractivity contribution >= 4 is 38.7 Å². The zero-order valence-electron chi connectivity index (χ0n) is 11.1. The largest absolute Gasteiger partial charge is 0.444 e. The number of benzene rings is 1. The van der Waals surface area contributed by atoms with Crippen molar-refractivity contribution in [2.45, 2.75) is 31.7 Å². The summed E-state index contributed by atoms with van der Waals surface area (Å²) in [5.41, 5.74) is 1.49. The first-order chi connectivity index (χ1) is 8.89. The number of fused-ring (bicyclic) bond motifs is 1. The minimum absolute atomic E-state index is 0.477. The molecule has 0 radical (unpaired) electrons. The lowest BCUT2D eigenvalue weighted by atomic mass is 10.2. The molecule has 102 valence electrons. The standard InChI is InChI=1S/C13H16BrN3O2/c1-13(2,3)19-12(18)15-11-9-5-4-8(7-14)6-10(9)16-17-11/h4-6H,7H2,1-3H3,(H2,15,16,17,18). The molecule has 0 unspecified atom stereocenters. The molecule has 0 saturated heterocycles. The highest BCUT2D eigenvalue weighted by atomic mass is 79.9. The lowest BCUT2D eigenvalue weighted by Gasteiger charge is -2.19. The SMILES string of the molecule is CC(C)(C)OC(=O)Nc1n[nH]c2cc(CBr)ccc12. The topological polar surface area (TPSA) is 67.0 Å². The van der Waals surface area contributed by atoms with Crippen molar-refractivity contribution in [1.82, 2.24) is 10.2 Å². The fraction of sp³-hybridized carbons (Fsp3) is 0.385. The molecule has 2 N–H and O–H groups in total. The highest BCUT2D eigenvalue weighted by Crippen LogP contribution is 2.23. The summed E-state index contributed by atoms with van der Waals surface area (Å²) in [5.74, 6) is 0.477. The maximum Gasteiger partial charge on any atom is 0.413 e. The van der Waals surface area contributed by atoms with Crippen molar-refractivity contribution in [3.05, 3.63) is 23.8 Å². The zero-order valence-corrected chi connectivity index (χ0v) is 12.7. The van der Waals surface area contributed by atoms with Crippen LogP contribution in [-0.2, 0) is 10.1 Å². The molecule has 2 aromatic rings. The number of halogens is 1. The van der Waals surface area contributed by atoms with Gasteiger partial charge in [-0.2, -0.15) is 5.10 Å². The molecule has 0 spiro atoms. The summed E-state index contributed by atoms with van der Waals surface area (Å²) in [7, 11) is 0. The third-order valence-electron chi connectivity index (χ3n) is 2.40. The molecule has 19 heavy (non-hydrogen) atoms. The van der Waals surface area contributed by atoms with Crippen LogP contribution in [0.1, 0.15) is 26.3 Å². The van der Waals surface area contributed by atoms with Crippen molar-refractivity contribution in [3.8, 4) is 0 Å². The van der Waals surface area contributed by atoms with E-state index in [0.29, 0.717) is 5.82 Å². The predicted molar refractivity (Wildman–Crippen MR) is 78.6 cm³/mol. The molecule has 0 fully saturated rings. The maximum atomic E-state index is 11.7. The number of hydrogen-bond donors (Lipinski definition) is 2. The number of amides is 1. The molecule has 0 bridgehead atoms. The van der Waals surface area contributed by atoms with Crippen LogP contribution in [0, 0.1) is 0 Å². The van der Waals surface area contributed by atoms with Gasteiger partial charge in [-0.1, -0.05) is 22.0 Å². The van der Waals surface area contributed by atoms with Gasteiger partial charge in [0.2, 0.25) is 0 Å². The van der Waals surface area contributed by atoms with E-state index in [1.54, 1.807) is 0 Å². The van der Waals surface area contributed by atoms with Gasteiger partial charge in [-0.3, -0.25) is 10.4 Å². The number of hydrogen-bond acceptors (Lipinski definition) is 3. The molecule has 2 rings (SSSR count). The van der Waals surface area contributed by atoms with Crippen LogP contribution in [0.15, 0.2) is 18.2 Å². The third kappa shape index (κ3) is 3.47. The van der Waals surface area contributed by atoms with Crippen molar-refractivity contribution < 1.29 is 9.53 Å². The quantitative estimate of drug-likeness (QED) is 0.825. The van der Waals surface area contributed by atoms with E-state index in [0.717, 1.165) is 21.8 Å². The molecule has 1 amide bonds. The van der Waals surface area contributed by atoms with Crippen molar-refractivity contribution in [3.63, 3.8) is 0 Å². The average Bonchev–Trinajstić information content (AvgIpc) is 2.69. The van der Waals surface area contributed by atoms with Crippen molar-refractivity contribution in [2.75, 3.05) is 5.32 Å². The van der Waals surface area contributed by atoms with Gasteiger partial charge in [0.25, 0.3) is 0 Å². The van der Waals surface area contributed by atoms with E-state index < -0.39 is 11.7 Å². The number of carbonyl (C=O) groups excluding carboxylic acids is 1. The van der Waals surface area contributed by atoms with Crippen molar-refractivity contribution in [1.29, 1.82) is 0 Å². The van der Waals surface area contributed by atoms with E-state index >= 15 is 0 Å². The zero-order chi connectivity index (χ0) is 14.0. The number of aromatic nitrogens is 2. The lowest BCUT2D eigenvalue weighted by Crippen LogP contribution is -2.27. The minimum atomic E-state index is -0.528.